The van der Waals surface area contributed by atoms with Gasteiger partial charge in [0.2, 0.25) is 5.91 Å². The van der Waals surface area contributed by atoms with E-state index in [1.807, 2.05) is 0 Å². The fraction of sp³-hybridized carbons (Fsp3) is 0.714. The number of carboxylic acids is 1. The summed E-state index contributed by atoms with van der Waals surface area (Å²) in [5.74, 6) is -2.32. The average molecular weight is 254 g/mol. The molecule has 9 heteroatoms. The Hall–Kier alpha value is -1.19. The summed E-state index contributed by atoms with van der Waals surface area (Å²) < 4.78 is 28.9. The monoisotopic (exact) mass is 254 g/mol. The van der Waals surface area contributed by atoms with Gasteiger partial charge in [0.25, 0.3) is 10.1 Å². The van der Waals surface area contributed by atoms with E-state index in [0.717, 1.165) is 0 Å². The van der Waals surface area contributed by atoms with Gasteiger partial charge < -0.3 is 16.2 Å². The molecular formula is C7H14N2O6S. The molecule has 0 unspecified atom stereocenters. The number of nitrogens with one attached hydrogen (secondary N) is 1. The van der Waals surface area contributed by atoms with Crippen LogP contribution in [0.2, 0.25) is 0 Å². The van der Waals surface area contributed by atoms with E-state index < -0.39 is 33.8 Å². The van der Waals surface area contributed by atoms with E-state index in [9.17, 15) is 18.0 Å². The second kappa shape index (κ2) is 6.40. The van der Waals surface area contributed by atoms with Gasteiger partial charge in [0.1, 0.15) is 0 Å². The van der Waals surface area contributed by atoms with Crippen LogP contribution in [0.3, 0.4) is 0 Å². The van der Waals surface area contributed by atoms with Gasteiger partial charge in [0, 0.05) is 13.0 Å². The molecular weight excluding hydrogens is 240 g/mol. The second-order valence-electron chi connectivity index (χ2n) is 3.12. The molecule has 0 bridgehead atoms. The minimum atomic E-state index is -4.12. The fourth-order valence-corrected chi connectivity index (χ4v) is 1.20. The van der Waals surface area contributed by atoms with E-state index in [2.05, 4.69) is 5.32 Å². The quantitative estimate of drug-likeness (QED) is 0.391. The van der Waals surface area contributed by atoms with E-state index in [0.29, 0.717) is 0 Å². The van der Waals surface area contributed by atoms with E-state index in [-0.39, 0.29) is 19.4 Å². The molecule has 0 aromatic heterocycles. The zero-order chi connectivity index (χ0) is 12.8. The van der Waals surface area contributed by atoms with Crippen LogP contribution in [0.15, 0.2) is 0 Å². The van der Waals surface area contributed by atoms with Crippen molar-refractivity contribution < 1.29 is 27.7 Å². The van der Waals surface area contributed by atoms with Crippen LogP contribution in [0.4, 0.5) is 0 Å². The molecule has 0 aliphatic carbocycles. The summed E-state index contributed by atoms with van der Waals surface area (Å²) in [4.78, 5) is 21.3. The van der Waals surface area contributed by atoms with Gasteiger partial charge in [0.15, 0.2) is 0 Å². The molecule has 0 spiro atoms. The molecule has 16 heavy (non-hydrogen) atoms. The lowest BCUT2D eigenvalue weighted by atomic mass is 10.1. The molecule has 5 N–H and O–H groups in total. The third-order valence-electron chi connectivity index (χ3n) is 1.67. The Labute approximate surface area is 92.6 Å². The topological polar surface area (TPSA) is 147 Å². The van der Waals surface area contributed by atoms with E-state index in [1.165, 1.54) is 0 Å². The van der Waals surface area contributed by atoms with Crippen molar-refractivity contribution in [1.29, 1.82) is 0 Å². The van der Waals surface area contributed by atoms with Gasteiger partial charge in [0.05, 0.1) is 11.8 Å². The summed E-state index contributed by atoms with van der Waals surface area (Å²) in [6, 6.07) is -1.00. The standard InChI is InChI=1S/C7H14N2O6S/c8-5(1-2-6(10)11)7(12)9-3-4-16(13,14)15/h5H,1-4,8H2,(H,9,12)(H,10,11)(H,13,14,15)/t5-/m1/s1. The van der Waals surface area contributed by atoms with E-state index >= 15 is 0 Å². The predicted octanol–water partition coefficient (Wildman–Crippen LogP) is -1.82. The van der Waals surface area contributed by atoms with Gasteiger partial charge >= 0.3 is 5.97 Å². The number of amides is 1. The number of nitrogens with two attached hydrogens (primary N) is 1. The zero-order valence-electron chi connectivity index (χ0n) is 8.42. The summed E-state index contributed by atoms with van der Waals surface area (Å²) >= 11 is 0. The Kier molecular flexibility index (Phi) is 5.93. The minimum Gasteiger partial charge on any atom is -0.481 e. The van der Waals surface area contributed by atoms with Crippen LogP contribution < -0.4 is 11.1 Å². The Bertz CT molecular complexity index is 352. The van der Waals surface area contributed by atoms with Crippen LogP contribution in [0.25, 0.3) is 0 Å². The normalized spacial score (nSPS) is 13.1. The van der Waals surface area contributed by atoms with Gasteiger partial charge in [-0.25, -0.2) is 0 Å². The fourth-order valence-electron chi connectivity index (χ4n) is 0.844. The highest BCUT2D eigenvalue weighted by Crippen LogP contribution is 1.94. The van der Waals surface area contributed by atoms with Crippen molar-refractivity contribution in [1.82, 2.24) is 5.32 Å². The first-order valence-electron chi connectivity index (χ1n) is 4.42. The van der Waals surface area contributed by atoms with Crippen molar-refractivity contribution in [3.63, 3.8) is 0 Å². The largest absolute Gasteiger partial charge is 0.481 e. The summed E-state index contributed by atoms with van der Waals surface area (Å²) in [5, 5.41) is 10.5. The number of hydrogen-bond donors (Lipinski definition) is 4. The van der Waals surface area contributed by atoms with Crippen LogP contribution in [0.5, 0.6) is 0 Å². The second-order valence-corrected chi connectivity index (χ2v) is 4.69. The molecule has 0 aliphatic rings. The maximum Gasteiger partial charge on any atom is 0.303 e. The molecule has 0 aromatic carbocycles. The van der Waals surface area contributed by atoms with E-state index in [1.54, 1.807) is 0 Å². The first kappa shape index (κ1) is 14.8. The Morgan fingerprint density at radius 3 is 2.38 bits per heavy atom. The molecule has 0 heterocycles. The molecule has 1 amide bonds. The smallest absolute Gasteiger partial charge is 0.303 e. The molecule has 0 rings (SSSR count). The molecule has 94 valence electrons. The van der Waals surface area contributed by atoms with Gasteiger partial charge in [-0.2, -0.15) is 8.42 Å². The van der Waals surface area contributed by atoms with Gasteiger partial charge in [-0.3, -0.25) is 14.1 Å². The molecule has 0 fully saturated rings. The average Bonchev–Trinajstić information content (AvgIpc) is 2.11. The maximum absolute atomic E-state index is 11.1. The van der Waals surface area contributed by atoms with Crippen LogP contribution in [-0.2, 0) is 19.7 Å². The predicted molar refractivity (Wildman–Crippen MR) is 54.3 cm³/mol. The van der Waals surface area contributed by atoms with E-state index in [4.69, 9.17) is 15.4 Å². The SMILES string of the molecule is N[C@H](CCC(=O)O)C(=O)NCCS(=O)(=O)O. The lowest BCUT2D eigenvalue weighted by molar-refractivity contribution is -0.137. The molecule has 8 nitrogen and oxygen atoms in total. The van der Waals surface area contributed by atoms with Crippen molar-refractivity contribution in [3.05, 3.63) is 0 Å². The highest BCUT2D eigenvalue weighted by atomic mass is 32.2. The maximum atomic E-state index is 11.1. The number of aliphatic carboxylic acids is 1. The Morgan fingerprint density at radius 2 is 1.94 bits per heavy atom. The lowest BCUT2D eigenvalue weighted by Crippen LogP contribution is -2.42. The third-order valence-corrected chi connectivity index (χ3v) is 2.39. The van der Waals surface area contributed by atoms with Gasteiger partial charge in [-0.15, -0.1) is 0 Å². The molecule has 0 aliphatic heterocycles. The summed E-state index contributed by atoms with van der Waals surface area (Å²) in [7, 11) is -4.12. The van der Waals surface area contributed by atoms with Crippen LogP contribution in [0.1, 0.15) is 12.8 Å². The van der Waals surface area contributed by atoms with Crippen molar-refractivity contribution in [2.45, 2.75) is 18.9 Å². The minimum absolute atomic E-state index is 0.0347. The van der Waals surface area contributed by atoms with Crippen molar-refractivity contribution in [2.24, 2.45) is 5.73 Å². The molecule has 0 saturated carbocycles. The van der Waals surface area contributed by atoms with Crippen molar-refractivity contribution in [2.75, 3.05) is 12.3 Å². The number of carboxylic acid groups (broad SMARTS) is 1. The number of hydrogen-bond acceptors (Lipinski definition) is 5. The van der Waals surface area contributed by atoms with Gasteiger partial charge in [-0.1, -0.05) is 0 Å². The highest BCUT2D eigenvalue weighted by molar-refractivity contribution is 7.85. The molecule has 0 radical (unpaired) electrons. The first-order valence-corrected chi connectivity index (χ1v) is 6.03. The number of rotatable bonds is 7. The molecule has 1 atom stereocenters. The summed E-state index contributed by atoms with van der Waals surface area (Å²) in [5.41, 5.74) is 5.33. The Balaban J connectivity index is 3.84. The van der Waals surface area contributed by atoms with Gasteiger partial charge in [-0.05, 0) is 6.42 Å². The molecule has 0 saturated heterocycles. The number of carbonyl (C=O) groups excluding carboxylic acids is 1. The van der Waals surface area contributed by atoms with Crippen molar-refractivity contribution >= 4 is 22.0 Å². The first-order chi connectivity index (χ1) is 7.22. The van der Waals surface area contributed by atoms with Crippen LogP contribution in [-0.4, -0.2) is 48.3 Å². The Morgan fingerprint density at radius 1 is 1.38 bits per heavy atom. The zero-order valence-corrected chi connectivity index (χ0v) is 9.24. The summed E-state index contributed by atoms with van der Waals surface area (Å²) in [6.45, 7) is -0.265. The van der Waals surface area contributed by atoms with Crippen molar-refractivity contribution in [3.8, 4) is 0 Å². The lowest BCUT2D eigenvalue weighted by Gasteiger charge is -2.10. The highest BCUT2D eigenvalue weighted by Gasteiger charge is 2.15. The van der Waals surface area contributed by atoms with Crippen LogP contribution in [0, 0.1) is 0 Å². The number of carbonyl (C=O) groups is 2. The molecule has 0 aromatic rings. The van der Waals surface area contributed by atoms with Crippen LogP contribution >= 0.6 is 0 Å². The summed E-state index contributed by atoms with van der Waals surface area (Å²) in [6.07, 6.45) is -0.278. The third kappa shape index (κ3) is 8.15.